The maximum Gasteiger partial charge on any atom is 0.405 e. The molecule has 0 aromatic rings. The van der Waals surface area contributed by atoms with E-state index in [2.05, 4.69) is 0 Å². The Labute approximate surface area is 109 Å². The van der Waals surface area contributed by atoms with Crippen LogP contribution in [0.25, 0.3) is 0 Å². The Hall–Kier alpha value is -1.10. The van der Waals surface area contributed by atoms with E-state index in [0.717, 1.165) is 0 Å². The fourth-order valence-corrected chi connectivity index (χ4v) is 1.45. The lowest BCUT2D eigenvalue weighted by Crippen LogP contribution is -2.34. The summed E-state index contributed by atoms with van der Waals surface area (Å²) in [6, 6.07) is 0. The third kappa shape index (κ3) is 8.98. The van der Waals surface area contributed by atoms with Gasteiger partial charge in [0.05, 0.1) is 12.2 Å². The Kier molecular flexibility index (Phi) is 6.32. The molecule has 0 saturated heterocycles. The molecule has 0 spiro atoms. The third-order valence-corrected chi connectivity index (χ3v) is 2.65. The first-order valence-electron chi connectivity index (χ1n) is 6.16. The minimum Gasteiger partial charge on any atom is -0.444 e. The molecular weight excluding hydrogens is 234 g/mol. The molecule has 1 amide bonds. The smallest absolute Gasteiger partial charge is 0.405 e. The summed E-state index contributed by atoms with van der Waals surface area (Å²) in [6.07, 6.45) is 0.961. The molecule has 0 aliphatic carbocycles. The van der Waals surface area contributed by atoms with E-state index in [1.54, 1.807) is 20.8 Å². The van der Waals surface area contributed by atoms with Gasteiger partial charge in [0, 0.05) is 12.8 Å². The van der Waals surface area contributed by atoms with Gasteiger partial charge in [-0.1, -0.05) is 0 Å². The van der Waals surface area contributed by atoms with Gasteiger partial charge >= 0.3 is 6.09 Å². The fourth-order valence-electron chi connectivity index (χ4n) is 1.45. The van der Waals surface area contributed by atoms with Crippen molar-refractivity contribution in [1.29, 1.82) is 0 Å². The highest BCUT2D eigenvalue weighted by molar-refractivity contribution is 5.75. The number of amides is 1. The highest BCUT2D eigenvalue weighted by atomic mass is 16.6. The second-order valence-electron chi connectivity index (χ2n) is 5.74. The topological polar surface area (TPSA) is 78.6 Å². The van der Waals surface area contributed by atoms with E-state index >= 15 is 0 Å². The molecule has 0 fully saturated rings. The molecule has 0 radical (unpaired) electrons. The van der Waals surface area contributed by atoms with Crippen LogP contribution < -0.4 is 5.73 Å². The monoisotopic (exact) mass is 259 g/mol. The molecule has 106 valence electrons. The van der Waals surface area contributed by atoms with Gasteiger partial charge in [0.15, 0.2) is 0 Å². The first kappa shape index (κ1) is 16.9. The molecule has 18 heavy (non-hydrogen) atoms. The number of nitrogens with two attached hydrogens (primary N) is 1. The van der Waals surface area contributed by atoms with Crippen LogP contribution >= 0.6 is 0 Å². The summed E-state index contributed by atoms with van der Waals surface area (Å²) in [6.45, 7) is 9.47. The maximum atomic E-state index is 10.9. The lowest BCUT2D eigenvalue weighted by molar-refractivity contribution is -0.119. The van der Waals surface area contributed by atoms with Crippen LogP contribution in [0.1, 0.15) is 53.9 Å². The zero-order valence-corrected chi connectivity index (χ0v) is 12.0. The number of ketones is 1. The van der Waals surface area contributed by atoms with Crippen molar-refractivity contribution >= 4 is 11.9 Å². The predicted octanol–water partition coefficient (Wildman–Crippen LogP) is 2.41. The number of hydrogen-bond acceptors (Lipinski definition) is 4. The van der Waals surface area contributed by atoms with E-state index in [1.807, 2.05) is 13.8 Å². The number of carbonyl (C=O) groups excluding carboxylic acids is 2. The second-order valence-corrected chi connectivity index (χ2v) is 5.74. The molecule has 0 unspecified atom stereocenters. The van der Waals surface area contributed by atoms with E-state index < -0.39 is 11.7 Å². The number of ether oxygens (including phenoxy) is 2. The Balaban J connectivity index is 4.01. The van der Waals surface area contributed by atoms with Crippen LogP contribution in [0.5, 0.6) is 0 Å². The predicted molar refractivity (Wildman–Crippen MR) is 69.3 cm³/mol. The lowest BCUT2D eigenvalue weighted by atomic mass is 10.0. The summed E-state index contributed by atoms with van der Waals surface area (Å²) in [5, 5.41) is 0. The zero-order chi connectivity index (χ0) is 14.4. The fraction of sp³-hybridized carbons (Fsp3) is 0.846. The number of Topliss-reactive ketones (excluding diaryl/α,β-unsaturated/α-hetero) is 1. The summed E-state index contributed by atoms with van der Waals surface area (Å²) in [7, 11) is 0. The van der Waals surface area contributed by atoms with Crippen LogP contribution in [0.3, 0.4) is 0 Å². The third-order valence-electron chi connectivity index (χ3n) is 2.65. The van der Waals surface area contributed by atoms with Crippen molar-refractivity contribution in [1.82, 2.24) is 0 Å². The molecule has 0 bridgehead atoms. The molecule has 0 atom stereocenters. The molecule has 0 aromatic carbocycles. The summed E-state index contributed by atoms with van der Waals surface area (Å²) in [4.78, 5) is 21.6. The van der Waals surface area contributed by atoms with E-state index in [-0.39, 0.29) is 11.4 Å². The van der Waals surface area contributed by atoms with Crippen LogP contribution in [0.4, 0.5) is 4.79 Å². The van der Waals surface area contributed by atoms with Gasteiger partial charge in [-0.2, -0.15) is 0 Å². The molecule has 0 aliphatic rings. The molecule has 5 nitrogen and oxygen atoms in total. The standard InChI is InChI=1S/C13H25NO4/c1-10(15)6-7-12(2,3)17-9-8-13(4,5)18-11(14)16/h6-9H2,1-5H3,(H2,14,16). The number of rotatable bonds is 8. The van der Waals surface area contributed by atoms with Crippen LogP contribution in [0.2, 0.25) is 0 Å². The van der Waals surface area contributed by atoms with E-state index in [1.165, 1.54) is 0 Å². The molecule has 0 aromatic heterocycles. The van der Waals surface area contributed by atoms with Gasteiger partial charge in [0.2, 0.25) is 0 Å². The molecule has 0 rings (SSSR count). The SMILES string of the molecule is CC(=O)CCC(C)(C)OCCC(C)(C)OC(N)=O. The van der Waals surface area contributed by atoms with E-state index in [4.69, 9.17) is 15.2 Å². The average Bonchev–Trinajstić information content (AvgIpc) is 2.12. The van der Waals surface area contributed by atoms with Crippen molar-refractivity contribution in [2.75, 3.05) is 6.61 Å². The maximum absolute atomic E-state index is 10.9. The van der Waals surface area contributed by atoms with Gasteiger partial charge < -0.3 is 20.0 Å². The zero-order valence-electron chi connectivity index (χ0n) is 12.0. The number of primary amides is 1. The van der Waals surface area contributed by atoms with Crippen molar-refractivity contribution in [3.05, 3.63) is 0 Å². The van der Waals surface area contributed by atoms with Crippen molar-refractivity contribution in [2.24, 2.45) is 5.73 Å². The van der Waals surface area contributed by atoms with Crippen molar-refractivity contribution in [3.8, 4) is 0 Å². The highest BCUT2D eigenvalue weighted by Gasteiger charge is 2.24. The van der Waals surface area contributed by atoms with E-state index in [0.29, 0.717) is 25.9 Å². The molecule has 0 saturated carbocycles. The summed E-state index contributed by atoms with van der Waals surface area (Å²) in [5.41, 5.74) is 3.99. The minimum atomic E-state index is -0.782. The van der Waals surface area contributed by atoms with Crippen molar-refractivity contribution < 1.29 is 19.1 Å². The highest BCUT2D eigenvalue weighted by Crippen LogP contribution is 2.20. The van der Waals surface area contributed by atoms with Gasteiger partial charge in [0.1, 0.15) is 11.4 Å². The van der Waals surface area contributed by atoms with Gasteiger partial charge in [-0.3, -0.25) is 0 Å². The minimum absolute atomic E-state index is 0.157. The van der Waals surface area contributed by atoms with Gasteiger partial charge in [-0.25, -0.2) is 4.79 Å². The molecule has 0 heterocycles. The Morgan fingerprint density at radius 1 is 1.06 bits per heavy atom. The number of carbonyl (C=O) groups is 2. The van der Waals surface area contributed by atoms with Gasteiger partial charge in [-0.05, 0) is 41.0 Å². The van der Waals surface area contributed by atoms with Crippen LogP contribution in [-0.2, 0) is 14.3 Å². The first-order valence-corrected chi connectivity index (χ1v) is 6.16. The summed E-state index contributed by atoms with van der Waals surface area (Å²) >= 11 is 0. The van der Waals surface area contributed by atoms with Crippen LogP contribution in [0, 0.1) is 0 Å². The summed E-state index contributed by atoms with van der Waals surface area (Å²) < 4.78 is 10.7. The molecule has 2 N–H and O–H groups in total. The van der Waals surface area contributed by atoms with Crippen molar-refractivity contribution in [3.63, 3.8) is 0 Å². The molecule has 5 heteroatoms. The molecule has 0 aliphatic heterocycles. The lowest BCUT2D eigenvalue weighted by Gasteiger charge is -2.28. The van der Waals surface area contributed by atoms with Crippen molar-refractivity contribution in [2.45, 2.75) is 65.1 Å². The van der Waals surface area contributed by atoms with Crippen LogP contribution in [0.15, 0.2) is 0 Å². The Bertz CT molecular complexity index is 297. The van der Waals surface area contributed by atoms with E-state index in [9.17, 15) is 9.59 Å². The Morgan fingerprint density at radius 2 is 1.61 bits per heavy atom. The van der Waals surface area contributed by atoms with Crippen LogP contribution in [-0.4, -0.2) is 29.7 Å². The average molecular weight is 259 g/mol. The number of hydrogen-bond donors (Lipinski definition) is 1. The Morgan fingerprint density at radius 3 is 2.06 bits per heavy atom. The summed E-state index contributed by atoms with van der Waals surface area (Å²) in [5.74, 6) is 0.157. The van der Waals surface area contributed by atoms with Gasteiger partial charge in [0.25, 0.3) is 0 Å². The first-order chi connectivity index (χ1) is 8.04. The van der Waals surface area contributed by atoms with Gasteiger partial charge in [-0.15, -0.1) is 0 Å². The molecular formula is C13H25NO4. The normalized spacial score (nSPS) is 12.3. The largest absolute Gasteiger partial charge is 0.444 e. The quantitative estimate of drug-likeness (QED) is 0.726. The second kappa shape index (κ2) is 6.73.